The lowest BCUT2D eigenvalue weighted by molar-refractivity contribution is 0.258. The van der Waals surface area contributed by atoms with Crippen molar-refractivity contribution in [3.63, 3.8) is 0 Å². The van der Waals surface area contributed by atoms with E-state index in [1.807, 2.05) is 6.07 Å². The van der Waals surface area contributed by atoms with Crippen LogP contribution in [0, 0.1) is 0 Å². The Bertz CT molecular complexity index is 372. The molecule has 0 aromatic carbocycles. The lowest BCUT2D eigenvalue weighted by Crippen LogP contribution is -2.30. The minimum absolute atomic E-state index is 0.649. The van der Waals surface area contributed by atoms with Gasteiger partial charge in [-0.2, -0.15) is 0 Å². The third-order valence-corrected chi connectivity index (χ3v) is 3.01. The molecule has 2 N–H and O–H groups in total. The van der Waals surface area contributed by atoms with Crippen LogP contribution in [0.2, 0.25) is 0 Å². The zero-order valence-electron chi connectivity index (χ0n) is 12.2. The molecule has 0 aliphatic carbocycles. The first kappa shape index (κ1) is 15.7. The molecule has 0 aliphatic rings. The number of nitrogens with zero attached hydrogens (tertiary/aromatic N) is 2. The molecule has 1 rings (SSSR count). The number of aromatic nitrogens is 1. The van der Waals surface area contributed by atoms with Crippen LogP contribution >= 0.6 is 0 Å². The molecular formula is C14H25N3O2. The van der Waals surface area contributed by atoms with Crippen molar-refractivity contribution >= 4 is 0 Å². The van der Waals surface area contributed by atoms with Crippen molar-refractivity contribution in [1.82, 2.24) is 9.88 Å². The second-order valence-electron chi connectivity index (χ2n) is 4.41. The summed E-state index contributed by atoms with van der Waals surface area (Å²) in [5, 5.41) is 0. The number of unbranched alkanes of at least 4 members (excludes halogenated alkanes) is 1. The van der Waals surface area contributed by atoms with Crippen LogP contribution in [-0.2, 0) is 6.54 Å². The van der Waals surface area contributed by atoms with E-state index in [1.165, 1.54) is 6.42 Å². The van der Waals surface area contributed by atoms with Gasteiger partial charge in [-0.05, 0) is 13.0 Å². The SMILES string of the molecule is CCCCN(CCN)Cc1nccc(OC)c1OC. The topological polar surface area (TPSA) is 60.6 Å². The normalized spacial score (nSPS) is 10.8. The average molecular weight is 267 g/mol. The first-order chi connectivity index (χ1) is 9.26. The predicted octanol–water partition coefficient (Wildman–Crippen LogP) is 1.66. The maximum absolute atomic E-state index is 5.66. The molecule has 0 fully saturated rings. The van der Waals surface area contributed by atoms with E-state index in [0.29, 0.717) is 12.3 Å². The van der Waals surface area contributed by atoms with E-state index in [-0.39, 0.29) is 0 Å². The number of hydrogen-bond donors (Lipinski definition) is 1. The molecule has 1 heterocycles. The molecule has 0 aliphatic heterocycles. The van der Waals surface area contributed by atoms with Gasteiger partial charge in [0.2, 0.25) is 0 Å². The summed E-state index contributed by atoms with van der Waals surface area (Å²) in [4.78, 5) is 6.70. The molecule has 0 spiro atoms. The van der Waals surface area contributed by atoms with Gasteiger partial charge in [0.25, 0.3) is 0 Å². The summed E-state index contributed by atoms with van der Waals surface area (Å²) >= 11 is 0. The van der Waals surface area contributed by atoms with Crippen LogP contribution in [0.4, 0.5) is 0 Å². The first-order valence-electron chi connectivity index (χ1n) is 6.75. The number of nitrogens with two attached hydrogens (primary N) is 1. The Balaban J connectivity index is 2.82. The van der Waals surface area contributed by atoms with E-state index in [9.17, 15) is 0 Å². The number of ether oxygens (including phenoxy) is 2. The highest BCUT2D eigenvalue weighted by atomic mass is 16.5. The van der Waals surface area contributed by atoms with Crippen LogP contribution in [0.5, 0.6) is 11.5 Å². The second-order valence-corrected chi connectivity index (χ2v) is 4.41. The van der Waals surface area contributed by atoms with Crippen LogP contribution in [0.15, 0.2) is 12.3 Å². The van der Waals surface area contributed by atoms with Gasteiger partial charge in [-0.15, -0.1) is 0 Å². The van der Waals surface area contributed by atoms with E-state index < -0.39 is 0 Å². The first-order valence-corrected chi connectivity index (χ1v) is 6.75. The smallest absolute Gasteiger partial charge is 0.183 e. The van der Waals surface area contributed by atoms with Crippen LogP contribution in [-0.4, -0.2) is 43.7 Å². The maximum atomic E-state index is 5.66. The minimum atomic E-state index is 0.649. The quantitative estimate of drug-likeness (QED) is 0.737. The third-order valence-electron chi connectivity index (χ3n) is 3.01. The lowest BCUT2D eigenvalue weighted by atomic mass is 10.2. The predicted molar refractivity (Wildman–Crippen MR) is 76.6 cm³/mol. The van der Waals surface area contributed by atoms with Crippen molar-refractivity contribution in [2.75, 3.05) is 33.9 Å². The summed E-state index contributed by atoms with van der Waals surface area (Å²) in [6, 6.07) is 1.81. The van der Waals surface area contributed by atoms with E-state index in [2.05, 4.69) is 16.8 Å². The number of methoxy groups -OCH3 is 2. The Labute approximate surface area is 115 Å². The van der Waals surface area contributed by atoms with Gasteiger partial charge < -0.3 is 15.2 Å². The van der Waals surface area contributed by atoms with Crippen molar-refractivity contribution in [3.8, 4) is 11.5 Å². The summed E-state index contributed by atoms with van der Waals surface area (Å²) in [6.45, 7) is 5.45. The fourth-order valence-electron chi connectivity index (χ4n) is 2.01. The molecule has 0 unspecified atom stereocenters. The zero-order chi connectivity index (χ0) is 14.1. The molecule has 5 nitrogen and oxygen atoms in total. The van der Waals surface area contributed by atoms with Crippen LogP contribution in [0.25, 0.3) is 0 Å². The average Bonchev–Trinajstić information content (AvgIpc) is 2.44. The van der Waals surface area contributed by atoms with Crippen LogP contribution in [0.3, 0.4) is 0 Å². The highest BCUT2D eigenvalue weighted by molar-refractivity contribution is 5.42. The number of pyridine rings is 1. The molecule has 0 bridgehead atoms. The summed E-state index contributed by atoms with van der Waals surface area (Å²) in [5.41, 5.74) is 6.56. The molecule has 1 aromatic rings. The highest BCUT2D eigenvalue weighted by Crippen LogP contribution is 2.29. The summed E-state index contributed by atoms with van der Waals surface area (Å²) < 4.78 is 10.7. The van der Waals surface area contributed by atoms with E-state index in [1.54, 1.807) is 20.4 Å². The van der Waals surface area contributed by atoms with Crippen molar-refractivity contribution in [3.05, 3.63) is 18.0 Å². The fourth-order valence-corrected chi connectivity index (χ4v) is 2.01. The molecule has 0 saturated carbocycles. The van der Waals surface area contributed by atoms with E-state index in [0.717, 1.165) is 37.5 Å². The molecule has 0 atom stereocenters. The molecule has 5 heteroatoms. The maximum Gasteiger partial charge on any atom is 0.183 e. The Hall–Kier alpha value is -1.33. The van der Waals surface area contributed by atoms with Gasteiger partial charge in [0.1, 0.15) is 5.69 Å². The van der Waals surface area contributed by atoms with Gasteiger partial charge in [0.05, 0.1) is 14.2 Å². The third kappa shape index (κ3) is 4.69. The lowest BCUT2D eigenvalue weighted by Gasteiger charge is -2.22. The van der Waals surface area contributed by atoms with Gasteiger partial charge in [0, 0.05) is 31.9 Å². The van der Waals surface area contributed by atoms with Gasteiger partial charge in [-0.3, -0.25) is 9.88 Å². The van der Waals surface area contributed by atoms with Crippen LogP contribution in [0.1, 0.15) is 25.5 Å². The standard InChI is InChI=1S/C14H25N3O2/c1-4-5-9-17(10-7-15)11-12-14(19-3)13(18-2)6-8-16-12/h6,8H,4-5,7,9-11,15H2,1-3H3. The van der Waals surface area contributed by atoms with Crippen molar-refractivity contribution in [1.29, 1.82) is 0 Å². The Morgan fingerprint density at radius 2 is 2.05 bits per heavy atom. The largest absolute Gasteiger partial charge is 0.493 e. The van der Waals surface area contributed by atoms with Gasteiger partial charge in [-0.25, -0.2) is 0 Å². The Morgan fingerprint density at radius 3 is 2.63 bits per heavy atom. The summed E-state index contributed by atoms with van der Waals surface area (Å²) in [6.07, 6.45) is 4.08. The zero-order valence-corrected chi connectivity index (χ0v) is 12.2. The van der Waals surface area contributed by atoms with Gasteiger partial charge in [0.15, 0.2) is 11.5 Å². The fraction of sp³-hybridized carbons (Fsp3) is 0.643. The van der Waals surface area contributed by atoms with E-state index >= 15 is 0 Å². The molecule has 1 aromatic heterocycles. The minimum Gasteiger partial charge on any atom is -0.493 e. The molecule has 108 valence electrons. The van der Waals surface area contributed by atoms with Crippen LogP contribution < -0.4 is 15.2 Å². The number of hydrogen-bond acceptors (Lipinski definition) is 5. The van der Waals surface area contributed by atoms with E-state index in [4.69, 9.17) is 15.2 Å². The second kappa shape index (κ2) is 8.72. The molecule has 0 radical (unpaired) electrons. The monoisotopic (exact) mass is 267 g/mol. The molecule has 0 saturated heterocycles. The van der Waals surface area contributed by atoms with Gasteiger partial charge in [-0.1, -0.05) is 13.3 Å². The van der Waals surface area contributed by atoms with Crippen molar-refractivity contribution < 1.29 is 9.47 Å². The van der Waals surface area contributed by atoms with Crippen molar-refractivity contribution in [2.24, 2.45) is 5.73 Å². The summed E-state index contributed by atoms with van der Waals surface area (Å²) in [5.74, 6) is 1.43. The molecular weight excluding hydrogens is 242 g/mol. The molecule has 0 amide bonds. The van der Waals surface area contributed by atoms with Gasteiger partial charge >= 0.3 is 0 Å². The van der Waals surface area contributed by atoms with Crippen molar-refractivity contribution in [2.45, 2.75) is 26.3 Å². The highest BCUT2D eigenvalue weighted by Gasteiger charge is 2.14. The molecule has 19 heavy (non-hydrogen) atoms. The summed E-state index contributed by atoms with van der Waals surface area (Å²) in [7, 11) is 3.28. The Morgan fingerprint density at radius 1 is 1.26 bits per heavy atom. The Kier molecular flexibility index (Phi) is 7.22. The number of rotatable bonds is 9.